The molecule has 1 heterocycles. The third-order valence-corrected chi connectivity index (χ3v) is 2.69. The summed E-state index contributed by atoms with van der Waals surface area (Å²) in [5.41, 5.74) is 1.91. The maximum Gasteiger partial charge on any atom is 0.243 e. The third kappa shape index (κ3) is 4.19. The van der Waals surface area contributed by atoms with Gasteiger partial charge in [-0.15, -0.1) is 5.10 Å². The van der Waals surface area contributed by atoms with Crippen LogP contribution in [0.25, 0.3) is 0 Å². The molecule has 0 saturated heterocycles. The Morgan fingerprint density at radius 1 is 1.22 bits per heavy atom. The summed E-state index contributed by atoms with van der Waals surface area (Å²) >= 11 is 0. The summed E-state index contributed by atoms with van der Waals surface area (Å²) in [6.07, 6.45) is 2.26. The Hall–Kier alpha value is -1.27. The standard InChI is InChI=1S/C12H22N4O2/c1-4-10-11(5-2)15-16-12(14-10)13-9(6-7-17)8-18-3/h9,17H,4-8H2,1-3H3,(H,13,14,16). The molecular formula is C12H22N4O2. The number of aryl methyl sites for hydroxylation is 2. The van der Waals surface area contributed by atoms with Gasteiger partial charge >= 0.3 is 0 Å². The zero-order valence-electron chi connectivity index (χ0n) is 11.3. The molecule has 0 aliphatic rings. The van der Waals surface area contributed by atoms with Crippen LogP contribution in [0.15, 0.2) is 0 Å². The van der Waals surface area contributed by atoms with Crippen LogP contribution in [0.5, 0.6) is 0 Å². The van der Waals surface area contributed by atoms with E-state index in [1.54, 1.807) is 7.11 Å². The Morgan fingerprint density at radius 2 is 1.94 bits per heavy atom. The minimum Gasteiger partial charge on any atom is -0.396 e. The fraction of sp³-hybridized carbons (Fsp3) is 0.750. The second kappa shape index (κ2) is 7.94. The molecule has 0 radical (unpaired) electrons. The molecule has 0 amide bonds. The predicted molar refractivity (Wildman–Crippen MR) is 69.6 cm³/mol. The van der Waals surface area contributed by atoms with Crippen molar-refractivity contribution in [3.05, 3.63) is 11.4 Å². The fourth-order valence-corrected chi connectivity index (χ4v) is 1.74. The van der Waals surface area contributed by atoms with Crippen molar-refractivity contribution < 1.29 is 9.84 Å². The van der Waals surface area contributed by atoms with E-state index >= 15 is 0 Å². The van der Waals surface area contributed by atoms with Gasteiger partial charge in [0.15, 0.2) is 0 Å². The van der Waals surface area contributed by atoms with Crippen LogP contribution in [0.1, 0.15) is 31.7 Å². The van der Waals surface area contributed by atoms with Gasteiger partial charge in [-0.1, -0.05) is 13.8 Å². The van der Waals surface area contributed by atoms with Crippen molar-refractivity contribution in [2.75, 3.05) is 25.6 Å². The van der Waals surface area contributed by atoms with E-state index in [9.17, 15) is 0 Å². The second-order valence-electron chi connectivity index (χ2n) is 4.04. The van der Waals surface area contributed by atoms with Crippen LogP contribution in [-0.4, -0.2) is 46.7 Å². The van der Waals surface area contributed by atoms with Crippen molar-refractivity contribution in [1.82, 2.24) is 15.2 Å². The summed E-state index contributed by atoms with van der Waals surface area (Å²) in [7, 11) is 1.63. The minimum atomic E-state index is -0.000942. The van der Waals surface area contributed by atoms with E-state index in [1.807, 2.05) is 13.8 Å². The number of aliphatic hydroxyl groups is 1. The smallest absolute Gasteiger partial charge is 0.243 e. The summed E-state index contributed by atoms with van der Waals surface area (Å²) in [6.45, 7) is 4.69. The maximum absolute atomic E-state index is 8.97. The van der Waals surface area contributed by atoms with Gasteiger partial charge in [-0.3, -0.25) is 0 Å². The SMILES string of the molecule is CCc1nnc(NC(CCO)COC)nc1CC. The lowest BCUT2D eigenvalue weighted by Gasteiger charge is -2.17. The normalized spacial score (nSPS) is 12.4. The van der Waals surface area contributed by atoms with Gasteiger partial charge in [0.2, 0.25) is 5.95 Å². The molecule has 0 spiro atoms. The van der Waals surface area contributed by atoms with E-state index < -0.39 is 0 Å². The zero-order valence-corrected chi connectivity index (χ0v) is 11.3. The first kappa shape index (κ1) is 14.8. The van der Waals surface area contributed by atoms with Crippen molar-refractivity contribution >= 4 is 5.95 Å². The molecule has 1 atom stereocenters. The molecule has 0 fully saturated rings. The molecule has 0 aliphatic carbocycles. The van der Waals surface area contributed by atoms with Gasteiger partial charge in [0.1, 0.15) is 0 Å². The average Bonchev–Trinajstić information content (AvgIpc) is 2.39. The Kier molecular flexibility index (Phi) is 6.53. The number of hydrogen-bond acceptors (Lipinski definition) is 6. The van der Waals surface area contributed by atoms with Crippen LogP contribution in [-0.2, 0) is 17.6 Å². The van der Waals surface area contributed by atoms with Crippen molar-refractivity contribution in [3.63, 3.8) is 0 Å². The molecule has 1 unspecified atom stereocenters. The molecule has 0 aliphatic heterocycles. The van der Waals surface area contributed by atoms with Crippen LogP contribution in [0.2, 0.25) is 0 Å². The van der Waals surface area contributed by atoms with Crippen molar-refractivity contribution in [2.45, 2.75) is 39.2 Å². The van der Waals surface area contributed by atoms with Crippen LogP contribution in [0.4, 0.5) is 5.95 Å². The highest BCUT2D eigenvalue weighted by atomic mass is 16.5. The minimum absolute atomic E-state index is 0.000942. The van der Waals surface area contributed by atoms with Crippen LogP contribution in [0, 0.1) is 0 Å². The van der Waals surface area contributed by atoms with Gasteiger partial charge in [-0.25, -0.2) is 4.98 Å². The van der Waals surface area contributed by atoms with E-state index in [0.717, 1.165) is 24.2 Å². The average molecular weight is 254 g/mol. The summed E-state index contributed by atoms with van der Waals surface area (Å²) < 4.78 is 5.08. The van der Waals surface area contributed by atoms with Crippen LogP contribution >= 0.6 is 0 Å². The number of nitrogens with one attached hydrogen (secondary N) is 1. The lowest BCUT2D eigenvalue weighted by molar-refractivity contribution is 0.170. The molecule has 6 heteroatoms. The molecule has 1 rings (SSSR count). The number of hydrogen-bond donors (Lipinski definition) is 2. The number of aromatic nitrogens is 3. The number of aliphatic hydroxyl groups excluding tert-OH is 1. The van der Waals surface area contributed by atoms with Gasteiger partial charge in [-0.2, -0.15) is 5.10 Å². The molecule has 0 aromatic carbocycles. The lowest BCUT2D eigenvalue weighted by Crippen LogP contribution is -2.27. The first-order chi connectivity index (χ1) is 8.74. The van der Waals surface area contributed by atoms with Gasteiger partial charge in [0, 0.05) is 13.7 Å². The van der Waals surface area contributed by atoms with E-state index in [2.05, 4.69) is 20.5 Å². The summed E-state index contributed by atoms with van der Waals surface area (Å²) in [5.74, 6) is 0.500. The van der Waals surface area contributed by atoms with E-state index in [1.165, 1.54) is 0 Å². The van der Waals surface area contributed by atoms with Gasteiger partial charge in [0.25, 0.3) is 0 Å². The molecule has 1 aromatic rings. The number of anilines is 1. The Bertz CT molecular complexity index is 354. The molecule has 102 valence electrons. The topological polar surface area (TPSA) is 80.2 Å². The van der Waals surface area contributed by atoms with Gasteiger partial charge < -0.3 is 15.2 Å². The van der Waals surface area contributed by atoms with Crippen molar-refractivity contribution in [2.24, 2.45) is 0 Å². The monoisotopic (exact) mass is 254 g/mol. The zero-order chi connectivity index (χ0) is 13.4. The number of rotatable bonds is 8. The molecule has 6 nitrogen and oxygen atoms in total. The number of nitrogens with zero attached hydrogens (tertiary/aromatic N) is 3. The second-order valence-corrected chi connectivity index (χ2v) is 4.04. The predicted octanol–water partition coefficient (Wildman–Crippen LogP) is 0.806. The molecule has 1 aromatic heterocycles. The third-order valence-electron chi connectivity index (χ3n) is 2.69. The molecule has 0 saturated carbocycles. The largest absolute Gasteiger partial charge is 0.396 e. The maximum atomic E-state index is 8.97. The van der Waals surface area contributed by atoms with Gasteiger partial charge in [0.05, 0.1) is 24.0 Å². The molecule has 2 N–H and O–H groups in total. The Morgan fingerprint density at radius 3 is 2.50 bits per heavy atom. The highest BCUT2D eigenvalue weighted by Gasteiger charge is 2.11. The number of methoxy groups -OCH3 is 1. The quantitative estimate of drug-likeness (QED) is 0.714. The highest BCUT2D eigenvalue weighted by molar-refractivity contribution is 5.27. The molecule has 0 bridgehead atoms. The first-order valence-electron chi connectivity index (χ1n) is 6.33. The fourth-order valence-electron chi connectivity index (χ4n) is 1.74. The molecular weight excluding hydrogens is 232 g/mol. The van der Waals surface area contributed by atoms with Crippen LogP contribution in [0.3, 0.4) is 0 Å². The van der Waals surface area contributed by atoms with Crippen molar-refractivity contribution in [3.8, 4) is 0 Å². The Labute approximate surface area is 108 Å². The summed E-state index contributed by atoms with van der Waals surface area (Å²) in [6, 6.07) is -0.000942. The van der Waals surface area contributed by atoms with Crippen molar-refractivity contribution in [1.29, 1.82) is 0 Å². The highest BCUT2D eigenvalue weighted by Crippen LogP contribution is 2.08. The van der Waals surface area contributed by atoms with E-state index in [-0.39, 0.29) is 12.6 Å². The summed E-state index contributed by atoms with van der Waals surface area (Å²) in [5, 5.41) is 20.3. The Balaban J connectivity index is 2.76. The summed E-state index contributed by atoms with van der Waals surface area (Å²) in [4.78, 5) is 4.44. The lowest BCUT2D eigenvalue weighted by atomic mass is 10.2. The van der Waals surface area contributed by atoms with Crippen LogP contribution < -0.4 is 5.32 Å². The number of ether oxygens (including phenoxy) is 1. The van der Waals surface area contributed by atoms with E-state index in [4.69, 9.17) is 9.84 Å². The first-order valence-corrected chi connectivity index (χ1v) is 6.33. The molecule has 18 heavy (non-hydrogen) atoms. The van der Waals surface area contributed by atoms with E-state index in [0.29, 0.717) is 19.0 Å². The van der Waals surface area contributed by atoms with Gasteiger partial charge in [-0.05, 0) is 19.3 Å².